The van der Waals surface area contributed by atoms with Crippen LogP contribution in [0.25, 0.3) is 0 Å². The fourth-order valence-electron chi connectivity index (χ4n) is 2.69. The number of nitrogens with two attached hydrogens (primary N) is 1. The number of hydrogen-bond donors (Lipinski definition) is 2. The number of benzene rings is 1. The fraction of sp³-hybridized carbons (Fsp3) is 0.462. The largest absolute Gasteiger partial charge is 0.324 e. The van der Waals surface area contributed by atoms with Crippen LogP contribution in [0.3, 0.4) is 0 Å². The molecule has 4 heteroatoms. The molecule has 0 saturated heterocycles. The molecule has 0 atom stereocenters. The third-order valence-corrected chi connectivity index (χ3v) is 4.76. The van der Waals surface area contributed by atoms with E-state index in [-0.39, 0.29) is 11.4 Å². The molecule has 0 bridgehead atoms. The molecule has 0 radical (unpaired) electrons. The predicted octanol–water partition coefficient (Wildman–Crippen LogP) is 2.46. The molecular formula is C13H16N2OS. The summed E-state index contributed by atoms with van der Waals surface area (Å²) < 4.78 is 0. The Morgan fingerprint density at radius 3 is 2.82 bits per heavy atom. The van der Waals surface area contributed by atoms with Gasteiger partial charge in [-0.2, -0.15) is 0 Å². The third kappa shape index (κ3) is 1.96. The second-order valence-electron chi connectivity index (χ2n) is 4.91. The number of thioether (sulfide) groups is 1. The average molecular weight is 248 g/mol. The lowest BCUT2D eigenvalue weighted by molar-refractivity contribution is -0.113. The van der Waals surface area contributed by atoms with Gasteiger partial charge in [-0.1, -0.05) is 18.9 Å². The van der Waals surface area contributed by atoms with Gasteiger partial charge >= 0.3 is 0 Å². The highest BCUT2D eigenvalue weighted by Gasteiger charge is 2.32. The lowest BCUT2D eigenvalue weighted by atomic mass is 9.89. The Morgan fingerprint density at radius 2 is 2.06 bits per heavy atom. The monoisotopic (exact) mass is 248 g/mol. The van der Waals surface area contributed by atoms with Crippen LogP contribution in [0, 0.1) is 0 Å². The zero-order chi connectivity index (χ0) is 11.9. The third-order valence-electron chi connectivity index (χ3n) is 3.68. The van der Waals surface area contributed by atoms with Crippen LogP contribution in [-0.4, -0.2) is 11.7 Å². The zero-order valence-electron chi connectivity index (χ0n) is 9.66. The van der Waals surface area contributed by atoms with Crippen LogP contribution in [0.1, 0.15) is 31.2 Å². The van der Waals surface area contributed by atoms with Crippen molar-refractivity contribution < 1.29 is 4.79 Å². The van der Waals surface area contributed by atoms with Crippen molar-refractivity contribution >= 4 is 23.4 Å². The Balaban J connectivity index is 1.97. The SMILES string of the molecule is NC1(c2ccc3c(c2)NC(=O)CS3)CCCC1. The topological polar surface area (TPSA) is 55.1 Å². The molecule has 3 rings (SSSR count). The molecule has 90 valence electrons. The number of carbonyl (C=O) groups is 1. The van der Waals surface area contributed by atoms with Gasteiger partial charge in [0.25, 0.3) is 0 Å². The van der Waals surface area contributed by atoms with Crippen LogP contribution in [-0.2, 0) is 10.3 Å². The first-order chi connectivity index (χ1) is 8.17. The first kappa shape index (κ1) is 11.1. The van der Waals surface area contributed by atoms with Crippen LogP contribution >= 0.6 is 11.8 Å². The normalized spacial score (nSPS) is 22.1. The molecule has 1 amide bonds. The van der Waals surface area contributed by atoms with Crippen molar-refractivity contribution in [1.29, 1.82) is 0 Å². The van der Waals surface area contributed by atoms with Crippen molar-refractivity contribution in [2.24, 2.45) is 5.73 Å². The number of amides is 1. The zero-order valence-corrected chi connectivity index (χ0v) is 10.5. The average Bonchev–Trinajstić information content (AvgIpc) is 2.76. The molecule has 1 heterocycles. The van der Waals surface area contributed by atoms with Gasteiger partial charge in [0.1, 0.15) is 0 Å². The number of carbonyl (C=O) groups excluding carboxylic acids is 1. The molecular weight excluding hydrogens is 232 g/mol. The minimum absolute atomic E-state index is 0.0807. The van der Waals surface area contributed by atoms with Crippen molar-refractivity contribution in [1.82, 2.24) is 0 Å². The molecule has 1 fully saturated rings. The van der Waals surface area contributed by atoms with Crippen LogP contribution < -0.4 is 11.1 Å². The Labute approximate surface area is 105 Å². The van der Waals surface area contributed by atoms with E-state index in [4.69, 9.17) is 5.73 Å². The van der Waals surface area contributed by atoms with E-state index in [1.165, 1.54) is 12.8 Å². The van der Waals surface area contributed by atoms with Gasteiger partial charge in [-0.05, 0) is 30.5 Å². The van der Waals surface area contributed by atoms with Gasteiger partial charge < -0.3 is 11.1 Å². The Morgan fingerprint density at radius 1 is 1.29 bits per heavy atom. The summed E-state index contributed by atoms with van der Waals surface area (Å²) in [5.74, 6) is 0.595. The molecule has 1 saturated carbocycles. The summed E-state index contributed by atoms with van der Waals surface area (Å²) in [4.78, 5) is 12.5. The number of rotatable bonds is 1. The maximum Gasteiger partial charge on any atom is 0.234 e. The molecule has 0 aromatic heterocycles. The van der Waals surface area contributed by atoms with E-state index in [0.29, 0.717) is 5.75 Å². The summed E-state index contributed by atoms with van der Waals surface area (Å²) in [6.07, 6.45) is 4.50. The van der Waals surface area contributed by atoms with Gasteiger partial charge in [-0.25, -0.2) is 0 Å². The summed E-state index contributed by atoms with van der Waals surface area (Å²) in [5, 5.41) is 2.93. The lowest BCUT2D eigenvalue weighted by Gasteiger charge is -2.26. The second-order valence-corrected chi connectivity index (χ2v) is 5.93. The second kappa shape index (κ2) is 4.03. The maximum atomic E-state index is 11.4. The summed E-state index contributed by atoms with van der Waals surface area (Å²) >= 11 is 1.59. The summed E-state index contributed by atoms with van der Waals surface area (Å²) in [6.45, 7) is 0. The van der Waals surface area contributed by atoms with Crippen LogP contribution in [0.2, 0.25) is 0 Å². The van der Waals surface area contributed by atoms with E-state index in [2.05, 4.69) is 23.5 Å². The Hall–Kier alpha value is -1.000. The van der Waals surface area contributed by atoms with Gasteiger partial charge in [0.15, 0.2) is 0 Å². The number of fused-ring (bicyclic) bond motifs is 1. The number of anilines is 1. The van der Waals surface area contributed by atoms with Crippen molar-refractivity contribution in [3.8, 4) is 0 Å². The molecule has 1 aliphatic carbocycles. The van der Waals surface area contributed by atoms with Crippen molar-refractivity contribution in [2.45, 2.75) is 36.1 Å². The smallest absolute Gasteiger partial charge is 0.234 e. The van der Waals surface area contributed by atoms with Crippen molar-refractivity contribution in [3.63, 3.8) is 0 Å². The summed E-state index contributed by atoms with van der Waals surface area (Å²) in [6, 6.07) is 6.26. The van der Waals surface area contributed by atoms with E-state index in [1.54, 1.807) is 11.8 Å². The highest BCUT2D eigenvalue weighted by atomic mass is 32.2. The van der Waals surface area contributed by atoms with Gasteiger partial charge in [-0.3, -0.25) is 4.79 Å². The molecule has 0 spiro atoms. The number of hydrogen-bond acceptors (Lipinski definition) is 3. The minimum atomic E-state index is -0.179. The van der Waals surface area contributed by atoms with Crippen LogP contribution in [0.5, 0.6) is 0 Å². The van der Waals surface area contributed by atoms with E-state index in [1.807, 2.05) is 0 Å². The molecule has 2 aliphatic rings. The standard InChI is InChI=1S/C13H16N2OS/c14-13(5-1-2-6-13)9-3-4-11-10(7-9)15-12(16)8-17-11/h3-4,7H,1-2,5-6,8,14H2,(H,15,16). The first-order valence-corrected chi connectivity index (χ1v) is 7.02. The summed E-state index contributed by atoms with van der Waals surface area (Å²) in [7, 11) is 0. The van der Waals surface area contributed by atoms with E-state index >= 15 is 0 Å². The fourth-order valence-corrected chi connectivity index (χ4v) is 3.48. The van der Waals surface area contributed by atoms with Gasteiger partial charge in [0.2, 0.25) is 5.91 Å². The van der Waals surface area contributed by atoms with Gasteiger partial charge in [-0.15, -0.1) is 11.8 Å². The van der Waals surface area contributed by atoms with Crippen LogP contribution in [0.4, 0.5) is 5.69 Å². The Kier molecular flexibility index (Phi) is 2.64. The van der Waals surface area contributed by atoms with Crippen molar-refractivity contribution in [3.05, 3.63) is 23.8 Å². The quantitative estimate of drug-likeness (QED) is 0.802. The molecule has 1 aliphatic heterocycles. The molecule has 17 heavy (non-hydrogen) atoms. The predicted molar refractivity (Wildman–Crippen MR) is 70.1 cm³/mol. The number of nitrogens with one attached hydrogen (secondary N) is 1. The highest BCUT2D eigenvalue weighted by Crippen LogP contribution is 2.40. The lowest BCUT2D eigenvalue weighted by Crippen LogP contribution is -2.33. The Bertz CT molecular complexity index is 466. The van der Waals surface area contributed by atoms with E-state index < -0.39 is 0 Å². The maximum absolute atomic E-state index is 11.4. The van der Waals surface area contributed by atoms with Crippen LogP contribution in [0.15, 0.2) is 23.1 Å². The minimum Gasteiger partial charge on any atom is -0.324 e. The first-order valence-electron chi connectivity index (χ1n) is 6.03. The molecule has 3 nitrogen and oxygen atoms in total. The van der Waals surface area contributed by atoms with Crippen molar-refractivity contribution in [2.75, 3.05) is 11.1 Å². The van der Waals surface area contributed by atoms with E-state index in [0.717, 1.165) is 29.0 Å². The van der Waals surface area contributed by atoms with E-state index in [9.17, 15) is 4.79 Å². The molecule has 1 aromatic carbocycles. The summed E-state index contributed by atoms with van der Waals surface area (Å²) in [5.41, 5.74) is 8.34. The molecule has 1 aromatic rings. The van der Waals surface area contributed by atoms with Gasteiger partial charge in [0, 0.05) is 10.4 Å². The molecule has 3 N–H and O–H groups in total. The molecule has 0 unspecified atom stereocenters. The van der Waals surface area contributed by atoms with Gasteiger partial charge in [0.05, 0.1) is 11.4 Å². The highest BCUT2D eigenvalue weighted by molar-refractivity contribution is 8.00.